The van der Waals surface area contributed by atoms with Crippen LogP contribution in [-0.4, -0.2) is 31.1 Å². The third kappa shape index (κ3) is 7.37. The molecule has 0 atom stereocenters. The summed E-state index contributed by atoms with van der Waals surface area (Å²) in [5.74, 6) is 0. The van der Waals surface area contributed by atoms with E-state index in [0.29, 0.717) is 30.4 Å². The fourth-order valence-corrected chi connectivity index (χ4v) is 1.68. The zero-order chi connectivity index (χ0) is 16.4. The number of nitrogens with one attached hydrogen (secondary N) is 2. The monoisotopic (exact) mass is 333 g/mol. The predicted octanol–water partition coefficient (Wildman–Crippen LogP) is 2.93. The van der Waals surface area contributed by atoms with Crippen LogP contribution in [0, 0.1) is 0 Å². The van der Waals surface area contributed by atoms with Gasteiger partial charge in [0.05, 0.1) is 11.8 Å². The van der Waals surface area contributed by atoms with E-state index < -0.39 is 11.7 Å². The lowest BCUT2D eigenvalue weighted by Gasteiger charge is -2.07. The molecule has 0 saturated heterocycles. The molecule has 0 aliphatic carbocycles. The van der Waals surface area contributed by atoms with Gasteiger partial charge in [0.2, 0.25) is 0 Å². The van der Waals surface area contributed by atoms with Crippen LogP contribution in [0.25, 0.3) is 0 Å². The molecular formula is C14H18F3N3OS. The van der Waals surface area contributed by atoms with Crippen molar-refractivity contribution in [2.45, 2.75) is 19.5 Å². The Labute approximate surface area is 132 Å². The zero-order valence-corrected chi connectivity index (χ0v) is 12.9. The first-order valence-corrected chi connectivity index (χ1v) is 7.16. The average Bonchev–Trinajstić information content (AvgIpc) is 2.46. The summed E-state index contributed by atoms with van der Waals surface area (Å²) in [5, 5.41) is 7.02. The first-order chi connectivity index (χ1) is 10.4. The van der Waals surface area contributed by atoms with E-state index in [-0.39, 0.29) is 0 Å². The van der Waals surface area contributed by atoms with E-state index in [1.807, 2.05) is 6.92 Å². The van der Waals surface area contributed by atoms with Crippen LogP contribution >= 0.6 is 12.2 Å². The Morgan fingerprint density at radius 3 is 2.86 bits per heavy atom. The van der Waals surface area contributed by atoms with Crippen LogP contribution in [-0.2, 0) is 10.9 Å². The maximum atomic E-state index is 12.5. The van der Waals surface area contributed by atoms with Crippen molar-refractivity contribution in [3.63, 3.8) is 0 Å². The molecule has 1 aromatic rings. The Balaban J connectivity index is 2.38. The SMILES string of the molecule is CCOCCCNC(=S)N/N=C\c1cccc(C(F)(F)F)c1. The van der Waals surface area contributed by atoms with Gasteiger partial charge in [0.1, 0.15) is 0 Å². The Bertz CT molecular complexity index is 506. The Morgan fingerprint density at radius 1 is 1.41 bits per heavy atom. The molecule has 22 heavy (non-hydrogen) atoms. The van der Waals surface area contributed by atoms with Gasteiger partial charge in [0, 0.05) is 19.8 Å². The van der Waals surface area contributed by atoms with Gasteiger partial charge < -0.3 is 10.1 Å². The normalized spacial score (nSPS) is 11.6. The van der Waals surface area contributed by atoms with Gasteiger partial charge in [0.15, 0.2) is 5.11 Å². The van der Waals surface area contributed by atoms with Crippen LogP contribution in [0.5, 0.6) is 0 Å². The number of benzene rings is 1. The zero-order valence-electron chi connectivity index (χ0n) is 12.1. The molecule has 4 nitrogen and oxygen atoms in total. The van der Waals surface area contributed by atoms with E-state index in [1.165, 1.54) is 18.3 Å². The van der Waals surface area contributed by atoms with Gasteiger partial charge in [-0.2, -0.15) is 18.3 Å². The highest BCUT2D eigenvalue weighted by atomic mass is 32.1. The maximum absolute atomic E-state index is 12.5. The van der Waals surface area contributed by atoms with Gasteiger partial charge in [-0.05, 0) is 43.3 Å². The summed E-state index contributed by atoms with van der Waals surface area (Å²) in [6.45, 7) is 3.86. The molecule has 0 heterocycles. The van der Waals surface area contributed by atoms with Gasteiger partial charge >= 0.3 is 6.18 Å². The molecule has 1 aromatic carbocycles. The van der Waals surface area contributed by atoms with Crippen LogP contribution in [0.3, 0.4) is 0 Å². The van der Waals surface area contributed by atoms with Crippen LogP contribution in [0.2, 0.25) is 0 Å². The molecule has 0 spiro atoms. The third-order valence-corrected chi connectivity index (χ3v) is 2.78. The van der Waals surface area contributed by atoms with Gasteiger partial charge in [-0.15, -0.1) is 0 Å². The van der Waals surface area contributed by atoms with Crippen molar-refractivity contribution < 1.29 is 17.9 Å². The number of nitrogens with zero attached hydrogens (tertiary/aromatic N) is 1. The van der Waals surface area contributed by atoms with Crippen molar-refractivity contribution in [2.75, 3.05) is 19.8 Å². The quantitative estimate of drug-likeness (QED) is 0.349. The first-order valence-electron chi connectivity index (χ1n) is 6.75. The molecule has 0 fully saturated rings. The molecule has 0 aromatic heterocycles. The first kappa shape index (κ1) is 18.4. The van der Waals surface area contributed by atoms with Gasteiger partial charge in [0.25, 0.3) is 0 Å². The smallest absolute Gasteiger partial charge is 0.382 e. The summed E-state index contributed by atoms with van der Waals surface area (Å²) in [7, 11) is 0. The standard InChI is InChI=1S/C14H18F3N3OS/c1-2-21-8-4-7-18-13(22)20-19-10-11-5-3-6-12(9-11)14(15,16)17/h3,5-6,9-10H,2,4,7-8H2,1H3,(H2,18,20,22)/b19-10-. The van der Waals surface area contributed by atoms with Crippen molar-refractivity contribution in [2.24, 2.45) is 5.10 Å². The highest BCUT2D eigenvalue weighted by Gasteiger charge is 2.30. The minimum absolute atomic E-state index is 0.305. The summed E-state index contributed by atoms with van der Waals surface area (Å²) in [5.41, 5.74) is 2.17. The molecule has 0 amide bonds. The minimum Gasteiger partial charge on any atom is -0.382 e. The summed E-state index contributed by atoms with van der Waals surface area (Å²) in [6, 6.07) is 4.88. The molecular weight excluding hydrogens is 315 g/mol. The minimum atomic E-state index is -4.37. The van der Waals surface area contributed by atoms with Crippen molar-refractivity contribution in [1.29, 1.82) is 0 Å². The molecule has 0 bridgehead atoms. The summed E-state index contributed by atoms with van der Waals surface area (Å²) < 4.78 is 42.8. The Hall–Kier alpha value is -1.67. The third-order valence-electron chi connectivity index (χ3n) is 2.55. The summed E-state index contributed by atoms with van der Waals surface area (Å²) in [6.07, 6.45) is -2.29. The second kappa shape index (κ2) is 9.37. The number of halogens is 3. The number of hydrogen-bond acceptors (Lipinski definition) is 3. The topological polar surface area (TPSA) is 45.6 Å². The van der Waals surface area contributed by atoms with E-state index in [0.717, 1.165) is 18.6 Å². The van der Waals surface area contributed by atoms with Crippen LogP contribution < -0.4 is 10.7 Å². The van der Waals surface area contributed by atoms with Crippen molar-refractivity contribution in [3.05, 3.63) is 35.4 Å². The molecule has 1 rings (SSSR count). The lowest BCUT2D eigenvalue weighted by Crippen LogP contribution is -2.33. The number of alkyl halides is 3. The molecule has 0 radical (unpaired) electrons. The highest BCUT2D eigenvalue weighted by Crippen LogP contribution is 2.29. The lowest BCUT2D eigenvalue weighted by molar-refractivity contribution is -0.137. The van der Waals surface area contributed by atoms with Crippen LogP contribution in [0.4, 0.5) is 13.2 Å². The molecule has 0 aliphatic rings. The summed E-state index contributed by atoms with van der Waals surface area (Å²) >= 11 is 4.98. The average molecular weight is 333 g/mol. The summed E-state index contributed by atoms with van der Waals surface area (Å²) in [4.78, 5) is 0. The number of rotatable bonds is 7. The second-order valence-corrected chi connectivity index (χ2v) is 4.71. The van der Waals surface area contributed by atoms with E-state index in [1.54, 1.807) is 0 Å². The van der Waals surface area contributed by atoms with Crippen molar-refractivity contribution in [1.82, 2.24) is 10.7 Å². The molecule has 0 unspecified atom stereocenters. The van der Waals surface area contributed by atoms with E-state index in [2.05, 4.69) is 15.8 Å². The van der Waals surface area contributed by atoms with Crippen LogP contribution in [0.1, 0.15) is 24.5 Å². The maximum Gasteiger partial charge on any atom is 0.416 e. The number of hydrazone groups is 1. The molecule has 0 aliphatic heterocycles. The largest absolute Gasteiger partial charge is 0.416 e. The molecule has 0 saturated carbocycles. The second-order valence-electron chi connectivity index (χ2n) is 4.30. The molecule has 8 heteroatoms. The van der Waals surface area contributed by atoms with E-state index in [9.17, 15) is 13.2 Å². The lowest BCUT2D eigenvalue weighted by atomic mass is 10.1. The van der Waals surface area contributed by atoms with Crippen molar-refractivity contribution in [3.8, 4) is 0 Å². The van der Waals surface area contributed by atoms with Crippen molar-refractivity contribution >= 4 is 23.5 Å². The van der Waals surface area contributed by atoms with E-state index in [4.69, 9.17) is 17.0 Å². The van der Waals surface area contributed by atoms with E-state index >= 15 is 0 Å². The number of hydrogen-bond donors (Lipinski definition) is 2. The Kier molecular flexibility index (Phi) is 7.83. The van der Waals surface area contributed by atoms with Gasteiger partial charge in [-0.1, -0.05) is 12.1 Å². The van der Waals surface area contributed by atoms with Crippen LogP contribution in [0.15, 0.2) is 29.4 Å². The number of thiocarbonyl (C=S) groups is 1. The predicted molar refractivity (Wildman–Crippen MR) is 83.9 cm³/mol. The number of ether oxygens (including phenoxy) is 1. The fraction of sp³-hybridized carbons (Fsp3) is 0.429. The molecule has 122 valence electrons. The van der Waals surface area contributed by atoms with Gasteiger partial charge in [-0.3, -0.25) is 5.43 Å². The van der Waals surface area contributed by atoms with Gasteiger partial charge in [-0.25, -0.2) is 0 Å². The fourth-order valence-electron chi connectivity index (χ4n) is 1.52. The molecule has 2 N–H and O–H groups in total. The Morgan fingerprint density at radius 2 is 2.18 bits per heavy atom. The highest BCUT2D eigenvalue weighted by molar-refractivity contribution is 7.80.